The zero-order chi connectivity index (χ0) is 15.1. The van der Waals surface area contributed by atoms with Gasteiger partial charge in [-0.05, 0) is 24.3 Å². The molecule has 0 N–H and O–H groups in total. The monoisotopic (exact) mass is 384 g/mol. The van der Waals surface area contributed by atoms with Crippen LogP contribution < -0.4 is 0 Å². The van der Waals surface area contributed by atoms with Crippen LogP contribution in [0.4, 0.5) is 0 Å². The Hall–Kier alpha value is -1.43. The molecule has 0 unspecified atom stereocenters. The number of aromatic nitrogens is 1. The van der Waals surface area contributed by atoms with E-state index in [4.69, 9.17) is 23.2 Å². The molecule has 0 fully saturated rings. The summed E-state index contributed by atoms with van der Waals surface area (Å²) in [6, 6.07) is 8.21. The molecule has 0 spiro atoms. The highest BCUT2D eigenvalue weighted by Crippen LogP contribution is 2.28. The average molecular weight is 386 g/mol. The molecule has 21 heavy (non-hydrogen) atoms. The van der Waals surface area contributed by atoms with Crippen molar-refractivity contribution < 1.29 is 9.59 Å². The van der Waals surface area contributed by atoms with E-state index in [1.54, 1.807) is 30.3 Å². The van der Waals surface area contributed by atoms with E-state index in [1.807, 2.05) is 0 Å². The number of amides is 2. The van der Waals surface area contributed by atoms with Crippen molar-refractivity contribution in [2.75, 3.05) is 0 Å². The molecule has 1 aliphatic heterocycles. The fourth-order valence-electron chi connectivity index (χ4n) is 2.14. The van der Waals surface area contributed by atoms with E-state index in [1.165, 1.54) is 0 Å². The molecule has 0 radical (unpaired) electrons. The zero-order valence-corrected chi connectivity index (χ0v) is 13.5. The molecule has 2 heterocycles. The smallest absolute Gasteiger partial charge is 0.261 e. The Morgan fingerprint density at radius 1 is 1.05 bits per heavy atom. The molecular weight excluding hydrogens is 379 g/mol. The van der Waals surface area contributed by atoms with Gasteiger partial charge < -0.3 is 0 Å². The zero-order valence-electron chi connectivity index (χ0n) is 10.4. The summed E-state index contributed by atoms with van der Waals surface area (Å²) >= 11 is 15.0. The minimum atomic E-state index is -0.345. The van der Waals surface area contributed by atoms with Crippen molar-refractivity contribution in [3.63, 3.8) is 0 Å². The predicted octanol–water partition coefficient (Wildman–Crippen LogP) is 3.95. The molecular formula is C14H7BrCl2N2O2. The standard InChI is InChI=1S/C14H7BrCl2N2O2/c15-8-2-3-9-10(5-8)14(21)19(13(9)20)6-7-1-4-11(16)18-12(7)17/h1-5H,6H2. The van der Waals surface area contributed by atoms with Gasteiger partial charge in [0.1, 0.15) is 10.3 Å². The second kappa shape index (κ2) is 5.40. The Bertz CT molecular complexity index is 780. The minimum absolute atomic E-state index is 0.0625. The second-order valence-corrected chi connectivity index (χ2v) is 6.13. The number of carbonyl (C=O) groups excluding carboxylic acids is 2. The van der Waals surface area contributed by atoms with E-state index in [-0.39, 0.29) is 28.7 Å². The predicted molar refractivity (Wildman–Crippen MR) is 82.6 cm³/mol. The molecule has 106 valence electrons. The molecule has 0 bridgehead atoms. The molecule has 0 atom stereocenters. The van der Waals surface area contributed by atoms with Gasteiger partial charge in [0.15, 0.2) is 0 Å². The number of rotatable bonds is 2. The highest BCUT2D eigenvalue weighted by atomic mass is 79.9. The van der Waals surface area contributed by atoms with E-state index < -0.39 is 0 Å². The first kappa shape index (κ1) is 14.5. The van der Waals surface area contributed by atoms with Gasteiger partial charge in [0, 0.05) is 10.0 Å². The van der Waals surface area contributed by atoms with Crippen molar-refractivity contribution in [3.05, 3.63) is 61.8 Å². The molecule has 1 aromatic heterocycles. The maximum atomic E-state index is 12.3. The molecule has 3 rings (SSSR count). The van der Waals surface area contributed by atoms with Crippen molar-refractivity contribution in [1.29, 1.82) is 0 Å². The first-order valence-corrected chi connectivity index (χ1v) is 7.49. The average Bonchev–Trinajstić information content (AvgIpc) is 2.66. The third kappa shape index (κ3) is 2.57. The number of hydrogen-bond donors (Lipinski definition) is 0. The number of pyridine rings is 1. The summed E-state index contributed by atoms with van der Waals surface area (Å²) in [5, 5.41) is 0.440. The summed E-state index contributed by atoms with van der Waals surface area (Å²) in [6.45, 7) is 0.0625. The number of halogens is 3. The van der Waals surface area contributed by atoms with Crippen molar-refractivity contribution in [1.82, 2.24) is 9.88 Å². The van der Waals surface area contributed by atoms with Crippen LogP contribution in [0.15, 0.2) is 34.8 Å². The number of carbonyl (C=O) groups is 2. The Morgan fingerprint density at radius 2 is 1.76 bits per heavy atom. The van der Waals surface area contributed by atoms with Gasteiger partial charge in [0.05, 0.1) is 17.7 Å². The Morgan fingerprint density at radius 3 is 2.48 bits per heavy atom. The van der Waals surface area contributed by atoms with E-state index in [9.17, 15) is 9.59 Å². The number of nitrogens with zero attached hydrogens (tertiary/aromatic N) is 2. The van der Waals surface area contributed by atoms with Crippen LogP contribution in [0.2, 0.25) is 10.3 Å². The lowest BCUT2D eigenvalue weighted by molar-refractivity contribution is 0.0642. The number of benzene rings is 1. The van der Waals surface area contributed by atoms with Crippen LogP contribution in [0.1, 0.15) is 26.3 Å². The number of imide groups is 1. The molecule has 0 saturated heterocycles. The van der Waals surface area contributed by atoms with Gasteiger partial charge in [0.25, 0.3) is 11.8 Å². The van der Waals surface area contributed by atoms with E-state index in [2.05, 4.69) is 20.9 Å². The number of fused-ring (bicyclic) bond motifs is 1. The lowest BCUT2D eigenvalue weighted by Gasteiger charge is -2.14. The van der Waals surface area contributed by atoms with Gasteiger partial charge >= 0.3 is 0 Å². The fraction of sp³-hybridized carbons (Fsp3) is 0.0714. The van der Waals surface area contributed by atoms with E-state index in [0.29, 0.717) is 16.7 Å². The van der Waals surface area contributed by atoms with Gasteiger partial charge in [0.2, 0.25) is 0 Å². The Labute approximate surface area is 138 Å². The van der Waals surface area contributed by atoms with Crippen molar-refractivity contribution in [3.8, 4) is 0 Å². The maximum Gasteiger partial charge on any atom is 0.261 e. The molecule has 7 heteroatoms. The van der Waals surface area contributed by atoms with E-state index >= 15 is 0 Å². The van der Waals surface area contributed by atoms with Crippen LogP contribution in [-0.2, 0) is 6.54 Å². The minimum Gasteiger partial charge on any atom is -0.270 e. The molecule has 2 amide bonds. The van der Waals surface area contributed by atoms with Gasteiger partial charge in [-0.1, -0.05) is 45.2 Å². The highest BCUT2D eigenvalue weighted by molar-refractivity contribution is 9.10. The van der Waals surface area contributed by atoms with Gasteiger partial charge in [-0.15, -0.1) is 0 Å². The first-order chi connectivity index (χ1) is 9.97. The van der Waals surface area contributed by atoms with Crippen molar-refractivity contribution >= 4 is 50.9 Å². The normalized spacial score (nSPS) is 13.8. The summed E-state index contributed by atoms with van der Waals surface area (Å²) in [4.78, 5) is 29.7. The first-order valence-electron chi connectivity index (χ1n) is 5.94. The molecule has 2 aromatic rings. The van der Waals surface area contributed by atoms with Crippen molar-refractivity contribution in [2.24, 2.45) is 0 Å². The third-order valence-corrected chi connectivity index (χ3v) is 4.18. The Kier molecular flexibility index (Phi) is 3.73. The summed E-state index contributed by atoms with van der Waals surface area (Å²) in [7, 11) is 0. The summed E-state index contributed by atoms with van der Waals surface area (Å²) in [5.74, 6) is -0.684. The second-order valence-electron chi connectivity index (χ2n) is 4.47. The van der Waals surface area contributed by atoms with Crippen LogP contribution in [0.5, 0.6) is 0 Å². The van der Waals surface area contributed by atoms with Gasteiger partial charge in [-0.25, -0.2) is 4.98 Å². The summed E-state index contributed by atoms with van der Waals surface area (Å²) in [5.41, 5.74) is 1.34. The number of hydrogen-bond acceptors (Lipinski definition) is 3. The molecule has 1 aromatic carbocycles. The molecule has 0 aliphatic carbocycles. The van der Waals surface area contributed by atoms with E-state index in [0.717, 1.165) is 9.37 Å². The SMILES string of the molecule is O=C1c2ccc(Br)cc2C(=O)N1Cc1ccc(Cl)nc1Cl. The molecule has 0 saturated carbocycles. The quantitative estimate of drug-likeness (QED) is 0.581. The summed E-state index contributed by atoms with van der Waals surface area (Å²) in [6.07, 6.45) is 0. The third-order valence-electron chi connectivity index (χ3n) is 3.15. The lowest BCUT2D eigenvalue weighted by atomic mass is 10.1. The van der Waals surface area contributed by atoms with Crippen LogP contribution in [0, 0.1) is 0 Å². The van der Waals surface area contributed by atoms with Crippen molar-refractivity contribution in [2.45, 2.75) is 6.54 Å². The lowest BCUT2D eigenvalue weighted by Crippen LogP contribution is -2.29. The largest absolute Gasteiger partial charge is 0.270 e. The summed E-state index contributed by atoms with van der Waals surface area (Å²) < 4.78 is 0.746. The maximum absolute atomic E-state index is 12.3. The topological polar surface area (TPSA) is 50.3 Å². The van der Waals surface area contributed by atoms with Crippen LogP contribution >= 0.6 is 39.1 Å². The van der Waals surface area contributed by atoms with Gasteiger partial charge in [-0.3, -0.25) is 14.5 Å². The van der Waals surface area contributed by atoms with Crippen LogP contribution in [-0.4, -0.2) is 21.7 Å². The van der Waals surface area contributed by atoms with Crippen LogP contribution in [0.25, 0.3) is 0 Å². The molecule has 1 aliphatic rings. The van der Waals surface area contributed by atoms with Crippen LogP contribution in [0.3, 0.4) is 0 Å². The Balaban J connectivity index is 1.95. The molecule has 4 nitrogen and oxygen atoms in total. The van der Waals surface area contributed by atoms with Gasteiger partial charge in [-0.2, -0.15) is 0 Å². The fourth-order valence-corrected chi connectivity index (χ4v) is 2.90. The highest BCUT2D eigenvalue weighted by Gasteiger charge is 2.35.